The lowest BCUT2D eigenvalue weighted by atomic mass is 10.1. The van der Waals surface area contributed by atoms with Crippen LogP contribution in [0.4, 0.5) is 0 Å². The summed E-state index contributed by atoms with van der Waals surface area (Å²) in [5.41, 5.74) is 0. The molecule has 0 fully saturated rings. The van der Waals surface area contributed by atoms with Gasteiger partial charge in [0.15, 0.2) is 0 Å². The summed E-state index contributed by atoms with van der Waals surface area (Å²) >= 11 is 0. The van der Waals surface area contributed by atoms with E-state index in [1.807, 2.05) is 13.8 Å². The highest BCUT2D eigenvalue weighted by atomic mass is 15.0. The Kier molecular flexibility index (Phi) is 23.8. The van der Waals surface area contributed by atoms with E-state index in [1.54, 1.807) is 0 Å². The minimum Gasteiger partial charge on any atom is -0.315 e. The SMILES string of the molecule is CC.CCC.CCNCC(C)NC(C)C(C)C. The molecule has 0 aliphatic carbocycles. The fraction of sp³-hybridized carbons (Fsp3) is 1.00. The first-order valence-electron chi connectivity index (χ1n) is 7.46. The van der Waals surface area contributed by atoms with Gasteiger partial charge in [-0.3, -0.25) is 0 Å². The lowest BCUT2D eigenvalue weighted by molar-refractivity contribution is 0.375. The zero-order valence-electron chi connectivity index (χ0n) is 13.9. The molecule has 0 aromatic rings. The summed E-state index contributed by atoms with van der Waals surface area (Å²) in [4.78, 5) is 0. The molecular formula is C15H38N2. The largest absolute Gasteiger partial charge is 0.315 e. The second kappa shape index (κ2) is 18.3. The van der Waals surface area contributed by atoms with Crippen molar-refractivity contribution in [3.05, 3.63) is 0 Å². The molecule has 0 amide bonds. The Morgan fingerprint density at radius 2 is 1.29 bits per heavy atom. The van der Waals surface area contributed by atoms with E-state index >= 15 is 0 Å². The van der Waals surface area contributed by atoms with Crippen molar-refractivity contribution in [2.24, 2.45) is 5.92 Å². The third-order valence-corrected chi connectivity index (χ3v) is 2.25. The van der Waals surface area contributed by atoms with Crippen LogP contribution in [0, 0.1) is 5.92 Å². The predicted molar refractivity (Wildman–Crippen MR) is 82.8 cm³/mol. The maximum absolute atomic E-state index is 3.55. The molecule has 108 valence electrons. The van der Waals surface area contributed by atoms with Crippen molar-refractivity contribution in [3.63, 3.8) is 0 Å². The van der Waals surface area contributed by atoms with Gasteiger partial charge in [0.1, 0.15) is 0 Å². The van der Waals surface area contributed by atoms with Gasteiger partial charge in [-0.15, -0.1) is 0 Å². The van der Waals surface area contributed by atoms with Gasteiger partial charge in [0, 0.05) is 18.6 Å². The molecule has 2 heteroatoms. The van der Waals surface area contributed by atoms with Crippen LogP contribution in [0.15, 0.2) is 0 Å². The molecule has 2 unspecified atom stereocenters. The van der Waals surface area contributed by atoms with Crippen LogP contribution in [0.25, 0.3) is 0 Å². The van der Waals surface area contributed by atoms with Crippen LogP contribution in [0.5, 0.6) is 0 Å². The van der Waals surface area contributed by atoms with E-state index in [0.717, 1.165) is 13.1 Å². The zero-order valence-corrected chi connectivity index (χ0v) is 13.9. The minimum absolute atomic E-state index is 0.572. The van der Waals surface area contributed by atoms with Crippen LogP contribution in [0.1, 0.15) is 68.7 Å². The van der Waals surface area contributed by atoms with Crippen molar-refractivity contribution >= 4 is 0 Å². The van der Waals surface area contributed by atoms with E-state index in [9.17, 15) is 0 Å². The molecule has 0 heterocycles. The quantitative estimate of drug-likeness (QED) is 0.738. The molecule has 0 aromatic carbocycles. The van der Waals surface area contributed by atoms with E-state index in [-0.39, 0.29) is 0 Å². The van der Waals surface area contributed by atoms with E-state index in [4.69, 9.17) is 0 Å². The van der Waals surface area contributed by atoms with Crippen LogP contribution >= 0.6 is 0 Å². The van der Waals surface area contributed by atoms with Crippen molar-refractivity contribution in [1.82, 2.24) is 10.6 Å². The van der Waals surface area contributed by atoms with E-state index < -0.39 is 0 Å². The summed E-state index contributed by atoms with van der Waals surface area (Å²) in [6.07, 6.45) is 1.25. The molecule has 0 saturated heterocycles. The fourth-order valence-electron chi connectivity index (χ4n) is 1.06. The molecule has 2 N–H and O–H groups in total. The lowest BCUT2D eigenvalue weighted by Crippen LogP contribution is -2.43. The number of hydrogen-bond acceptors (Lipinski definition) is 2. The van der Waals surface area contributed by atoms with Crippen molar-refractivity contribution in [2.45, 2.75) is 80.8 Å². The first kappa shape index (κ1) is 22.1. The Bertz CT molecular complexity index is 113. The number of nitrogens with one attached hydrogen (secondary N) is 2. The summed E-state index contributed by atoms with van der Waals surface area (Å²) in [6.45, 7) is 21.5. The van der Waals surface area contributed by atoms with Crippen LogP contribution in [-0.2, 0) is 0 Å². The Morgan fingerprint density at radius 3 is 1.59 bits per heavy atom. The Labute approximate surface area is 111 Å². The monoisotopic (exact) mass is 246 g/mol. The second-order valence-corrected chi connectivity index (χ2v) is 4.62. The Balaban J connectivity index is -0.000000337. The molecule has 2 atom stereocenters. The summed E-state index contributed by atoms with van der Waals surface area (Å²) in [5, 5.41) is 6.88. The lowest BCUT2D eigenvalue weighted by Gasteiger charge is -2.22. The van der Waals surface area contributed by atoms with Gasteiger partial charge < -0.3 is 10.6 Å². The van der Waals surface area contributed by atoms with E-state index in [0.29, 0.717) is 18.0 Å². The zero-order chi connectivity index (χ0) is 14.3. The molecular weight excluding hydrogens is 208 g/mol. The molecule has 0 rings (SSSR count). The van der Waals surface area contributed by atoms with Crippen molar-refractivity contribution in [3.8, 4) is 0 Å². The topological polar surface area (TPSA) is 24.1 Å². The molecule has 0 radical (unpaired) electrons. The molecule has 0 aliphatic rings. The van der Waals surface area contributed by atoms with Crippen molar-refractivity contribution in [1.29, 1.82) is 0 Å². The second-order valence-electron chi connectivity index (χ2n) is 4.62. The van der Waals surface area contributed by atoms with Gasteiger partial charge in [-0.1, -0.05) is 54.9 Å². The van der Waals surface area contributed by atoms with Gasteiger partial charge in [-0.2, -0.15) is 0 Å². The molecule has 0 spiro atoms. The minimum atomic E-state index is 0.572. The van der Waals surface area contributed by atoms with Gasteiger partial charge in [-0.05, 0) is 26.3 Å². The smallest absolute Gasteiger partial charge is 0.0166 e. The van der Waals surface area contributed by atoms with Crippen LogP contribution in [0.3, 0.4) is 0 Å². The number of hydrogen-bond donors (Lipinski definition) is 2. The molecule has 0 aromatic heterocycles. The summed E-state index contributed by atoms with van der Waals surface area (Å²) < 4.78 is 0. The highest BCUT2D eigenvalue weighted by Gasteiger charge is 2.09. The van der Waals surface area contributed by atoms with Gasteiger partial charge in [-0.25, -0.2) is 0 Å². The van der Waals surface area contributed by atoms with Crippen molar-refractivity contribution < 1.29 is 0 Å². The number of rotatable bonds is 6. The third kappa shape index (κ3) is 21.7. The van der Waals surface area contributed by atoms with E-state index in [2.05, 4.69) is 59.1 Å². The standard InChI is InChI=1S/C10H24N2.C3H8.C2H6/c1-6-11-7-9(4)12-10(5)8(2)3;1-3-2;1-2/h8-12H,6-7H2,1-5H3;3H2,1-2H3;1-2H3. The highest BCUT2D eigenvalue weighted by Crippen LogP contribution is 2.00. The molecule has 0 saturated carbocycles. The first-order chi connectivity index (χ1) is 7.99. The van der Waals surface area contributed by atoms with Crippen molar-refractivity contribution in [2.75, 3.05) is 13.1 Å². The van der Waals surface area contributed by atoms with Gasteiger partial charge in [0.25, 0.3) is 0 Å². The fourth-order valence-corrected chi connectivity index (χ4v) is 1.06. The molecule has 17 heavy (non-hydrogen) atoms. The molecule has 0 aliphatic heterocycles. The van der Waals surface area contributed by atoms with Crippen LogP contribution in [0.2, 0.25) is 0 Å². The first-order valence-corrected chi connectivity index (χ1v) is 7.46. The number of likely N-dealkylation sites (N-methyl/N-ethyl adjacent to an activating group) is 1. The summed E-state index contributed by atoms with van der Waals surface area (Å²) in [7, 11) is 0. The van der Waals surface area contributed by atoms with Gasteiger partial charge in [0.2, 0.25) is 0 Å². The summed E-state index contributed by atoms with van der Waals surface area (Å²) in [6, 6.07) is 1.18. The Hall–Kier alpha value is -0.0800. The summed E-state index contributed by atoms with van der Waals surface area (Å²) in [5.74, 6) is 0.717. The highest BCUT2D eigenvalue weighted by molar-refractivity contribution is 4.71. The van der Waals surface area contributed by atoms with Gasteiger partial charge in [0.05, 0.1) is 0 Å². The normalized spacial score (nSPS) is 13.1. The molecule has 2 nitrogen and oxygen atoms in total. The average molecular weight is 246 g/mol. The average Bonchev–Trinajstić information content (AvgIpc) is 2.30. The Morgan fingerprint density at radius 1 is 0.882 bits per heavy atom. The van der Waals surface area contributed by atoms with Gasteiger partial charge >= 0.3 is 0 Å². The maximum atomic E-state index is 3.55. The van der Waals surface area contributed by atoms with Crippen LogP contribution < -0.4 is 10.6 Å². The molecule has 0 bridgehead atoms. The van der Waals surface area contributed by atoms with Crippen LogP contribution in [-0.4, -0.2) is 25.2 Å². The predicted octanol–water partition coefficient (Wildman–Crippen LogP) is 4.06. The third-order valence-electron chi connectivity index (χ3n) is 2.25. The van der Waals surface area contributed by atoms with E-state index in [1.165, 1.54) is 6.42 Å². The maximum Gasteiger partial charge on any atom is 0.0166 e.